The molecule has 3 aromatic rings. The number of benzene rings is 2. The van der Waals surface area contributed by atoms with Gasteiger partial charge in [-0.05, 0) is 60.9 Å². The largest absolute Gasteiger partial charge is 0.465 e. The Kier molecular flexibility index (Phi) is 9.79. The van der Waals surface area contributed by atoms with Crippen molar-refractivity contribution in [2.75, 3.05) is 32.2 Å². The lowest BCUT2D eigenvalue weighted by Gasteiger charge is -2.25. The van der Waals surface area contributed by atoms with Crippen LogP contribution in [0.1, 0.15) is 54.2 Å². The van der Waals surface area contributed by atoms with Crippen molar-refractivity contribution in [3.63, 3.8) is 0 Å². The van der Waals surface area contributed by atoms with E-state index >= 15 is 4.39 Å². The zero-order chi connectivity index (χ0) is 27.2. The normalized spacial score (nSPS) is 14.0. The minimum absolute atomic E-state index is 0.175. The van der Waals surface area contributed by atoms with Crippen LogP contribution >= 0.6 is 21.6 Å². The van der Waals surface area contributed by atoms with Crippen LogP contribution in [0, 0.1) is 11.7 Å². The van der Waals surface area contributed by atoms with Crippen LogP contribution in [0.25, 0.3) is 22.2 Å². The number of aromatic nitrogens is 1. The van der Waals surface area contributed by atoms with Gasteiger partial charge in [0.15, 0.2) is 0 Å². The Hall–Kier alpha value is -2.49. The first-order valence-corrected chi connectivity index (χ1v) is 15.8. The smallest absolute Gasteiger partial charge is 0.307 e. The Bertz CT molecular complexity index is 1290. The van der Waals surface area contributed by atoms with Gasteiger partial charge in [0.25, 0.3) is 5.91 Å². The van der Waals surface area contributed by atoms with Crippen LogP contribution in [0.3, 0.4) is 0 Å². The second-order valence-electron chi connectivity index (χ2n) is 9.97. The molecule has 9 heteroatoms. The highest BCUT2D eigenvalue weighted by molar-refractivity contribution is 8.76. The monoisotopic (exact) mass is 557 g/mol. The summed E-state index contributed by atoms with van der Waals surface area (Å²) in [6, 6.07) is 10.9. The van der Waals surface area contributed by atoms with Crippen molar-refractivity contribution in [1.82, 2.24) is 15.2 Å². The van der Waals surface area contributed by atoms with Gasteiger partial charge in [0, 0.05) is 30.3 Å². The van der Waals surface area contributed by atoms with E-state index in [9.17, 15) is 9.59 Å². The average Bonchev–Trinajstić information content (AvgIpc) is 3.10. The van der Waals surface area contributed by atoms with Crippen molar-refractivity contribution in [3.05, 3.63) is 58.9 Å². The number of hydrogen-bond donors (Lipinski definition) is 2. The second kappa shape index (κ2) is 13.0. The number of ether oxygens (including phenoxy) is 1. The summed E-state index contributed by atoms with van der Waals surface area (Å²) in [5, 5.41) is 6.86. The van der Waals surface area contributed by atoms with Crippen molar-refractivity contribution in [2.24, 2.45) is 5.92 Å². The first-order valence-electron chi connectivity index (χ1n) is 13.0. The first-order chi connectivity index (χ1) is 18.3. The lowest BCUT2D eigenvalue weighted by molar-refractivity contribution is -0.144. The number of rotatable bonds is 12. The summed E-state index contributed by atoms with van der Waals surface area (Å²) < 4.78 is 22.7. The van der Waals surface area contributed by atoms with Crippen molar-refractivity contribution < 1.29 is 18.7 Å². The summed E-state index contributed by atoms with van der Waals surface area (Å²) in [7, 11) is 5.20. The number of esters is 1. The third kappa shape index (κ3) is 6.38. The quantitative estimate of drug-likeness (QED) is 0.162. The van der Waals surface area contributed by atoms with Gasteiger partial charge in [0.2, 0.25) is 0 Å². The summed E-state index contributed by atoms with van der Waals surface area (Å²) in [5.41, 5.74) is 5.08. The maximum Gasteiger partial charge on any atom is 0.307 e. The number of amides is 1. The predicted octanol–water partition coefficient (Wildman–Crippen LogP) is 5.98. The molecule has 0 bridgehead atoms. The summed E-state index contributed by atoms with van der Waals surface area (Å²) in [6.45, 7) is 5.81. The van der Waals surface area contributed by atoms with Crippen LogP contribution in [0.5, 0.6) is 0 Å². The molecule has 204 valence electrons. The SMILES string of the molecule is CNCc1ccc(-c2c3c4c(cc(F)cc4n2[C@H](CC(=O)OCCSSC)CC(C)C)C(=O)NCC3)cc1. The highest BCUT2D eigenvalue weighted by Gasteiger charge is 2.30. The van der Waals surface area contributed by atoms with Crippen molar-refractivity contribution in [2.45, 2.75) is 45.7 Å². The molecule has 2 aromatic carbocycles. The molecule has 0 spiro atoms. The van der Waals surface area contributed by atoms with Gasteiger partial charge in [0.05, 0.1) is 23.2 Å². The lowest BCUT2D eigenvalue weighted by atomic mass is 9.98. The number of nitrogens with zero attached hydrogens (tertiary/aromatic N) is 1. The van der Waals surface area contributed by atoms with Gasteiger partial charge in [-0.15, -0.1) is 0 Å². The molecule has 1 aliphatic rings. The van der Waals surface area contributed by atoms with Crippen LogP contribution in [0.15, 0.2) is 36.4 Å². The topological polar surface area (TPSA) is 72.4 Å². The van der Waals surface area contributed by atoms with E-state index in [4.69, 9.17) is 4.74 Å². The molecule has 0 saturated heterocycles. The molecule has 38 heavy (non-hydrogen) atoms. The summed E-state index contributed by atoms with van der Waals surface area (Å²) in [6.07, 6.45) is 3.50. The van der Waals surface area contributed by atoms with Crippen molar-refractivity contribution in [3.8, 4) is 11.3 Å². The van der Waals surface area contributed by atoms with E-state index in [1.165, 1.54) is 12.1 Å². The molecular weight excluding hydrogens is 521 g/mol. The number of carbonyl (C=O) groups excluding carboxylic acids is 2. The molecule has 1 amide bonds. The maximum absolute atomic E-state index is 15.0. The number of halogens is 1. The number of nitrogens with one attached hydrogen (secondary N) is 2. The van der Waals surface area contributed by atoms with E-state index in [0.717, 1.165) is 40.1 Å². The van der Waals surface area contributed by atoms with E-state index in [2.05, 4.69) is 53.3 Å². The zero-order valence-electron chi connectivity index (χ0n) is 22.4. The van der Waals surface area contributed by atoms with Gasteiger partial charge in [-0.1, -0.05) is 59.7 Å². The molecule has 0 fully saturated rings. The molecule has 2 N–H and O–H groups in total. The standard InChI is InChI=1S/C29H36FN3O3S2/c1-18(2)13-22(16-26(34)36-11-12-38-37-4)33-25-15-21(30)14-24-27(25)23(9-10-32-29(24)35)28(33)20-7-5-19(6-8-20)17-31-3/h5-8,14-15,18,22,31H,9-13,16-17H2,1-4H3,(H,32,35)/t22-/m0/s1. The van der Waals surface area contributed by atoms with Gasteiger partial charge in [-0.25, -0.2) is 4.39 Å². The van der Waals surface area contributed by atoms with Crippen LogP contribution in [-0.2, 0) is 22.5 Å². The van der Waals surface area contributed by atoms with Crippen molar-refractivity contribution >= 4 is 44.4 Å². The van der Waals surface area contributed by atoms with Crippen LogP contribution in [0.4, 0.5) is 4.39 Å². The fourth-order valence-corrected chi connectivity index (χ4v) is 6.35. The summed E-state index contributed by atoms with van der Waals surface area (Å²) in [5.74, 6) is 0.0123. The lowest BCUT2D eigenvalue weighted by Crippen LogP contribution is -2.24. The van der Waals surface area contributed by atoms with Gasteiger partial charge in [-0.3, -0.25) is 9.59 Å². The zero-order valence-corrected chi connectivity index (χ0v) is 24.1. The van der Waals surface area contributed by atoms with E-state index in [1.54, 1.807) is 21.6 Å². The highest BCUT2D eigenvalue weighted by Crippen LogP contribution is 2.42. The van der Waals surface area contributed by atoms with Crippen molar-refractivity contribution in [1.29, 1.82) is 0 Å². The molecule has 6 nitrogen and oxygen atoms in total. The van der Waals surface area contributed by atoms with E-state index < -0.39 is 5.82 Å². The Balaban J connectivity index is 1.90. The fourth-order valence-electron chi connectivity index (χ4n) is 5.33. The van der Waals surface area contributed by atoms with E-state index in [1.807, 2.05) is 13.3 Å². The number of hydrogen-bond acceptors (Lipinski definition) is 6. The molecule has 1 atom stereocenters. The Morgan fingerprint density at radius 1 is 1.24 bits per heavy atom. The van der Waals surface area contributed by atoms with Crippen LogP contribution in [-0.4, -0.2) is 48.7 Å². The molecule has 1 aromatic heterocycles. The van der Waals surface area contributed by atoms with E-state index in [0.29, 0.717) is 37.1 Å². The molecular formula is C29H36FN3O3S2. The second-order valence-corrected chi connectivity index (χ2v) is 12.7. The molecule has 0 aliphatic carbocycles. The van der Waals surface area contributed by atoms with Gasteiger partial charge in [-0.2, -0.15) is 0 Å². The van der Waals surface area contributed by atoms with Gasteiger partial charge in [0.1, 0.15) is 12.4 Å². The van der Waals surface area contributed by atoms with Gasteiger partial charge >= 0.3 is 5.97 Å². The molecule has 0 radical (unpaired) electrons. The van der Waals surface area contributed by atoms with Crippen LogP contribution in [0.2, 0.25) is 0 Å². The highest BCUT2D eigenvalue weighted by atomic mass is 33.1. The minimum atomic E-state index is -0.467. The molecule has 4 rings (SSSR count). The minimum Gasteiger partial charge on any atom is -0.465 e. The van der Waals surface area contributed by atoms with Gasteiger partial charge < -0.3 is 19.9 Å². The summed E-state index contributed by atoms with van der Waals surface area (Å²) in [4.78, 5) is 25.9. The molecule has 0 saturated carbocycles. The van der Waals surface area contributed by atoms with E-state index in [-0.39, 0.29) is 30.3 Å². The maximum atomic E-state index is 15.0. The fraction of sp³-hybridized carbons (Fsp3) is 0.448. The predicted molar refractivity (Wildman–Crippen MR) is 156 cm³/mol. The average molecular weight is 558 g/mol. The third-order valence-electron chi connectivity index (χ3n) is 6.74. The summed E-state index contributed by atoms with van der Waals surface area (Å²) >= 11 is 0. The van der Waals surface area contributed by atoms with Crippen LogP contribution < -0.4 is 10.6 Å². The Morgan fingerprint density at radius 2 is 2.00 bits per heavy atom. The molecule has 2 heterocycles. The third-order valence-corrected chi connectivity index (χ3v) is 8.52. The first kappa shape index (κ1) is 28.5. The number of carbonyl (C=O) groups is 2. The Labute approximate surface area is 231 Å². The Morgan fingerprint density at radius 3 is 2.68 bits per heavy atom. The molecule has 1 aliphatic heterocycles. The molecule has 0 unspecified atom stereocenters.